The van der Waals surface area contributed by atoms with Crippen molar-refractivity contribution in [1.82, 2.24) is 24.8 Å². The van der Waals surface area contributed by atoms with Gasteiger partial charge in [0.15, 0.2) is 5.78 Å². The Bertz CT molecular complexity index is 1420. The van der Waals surface area contributed by atoms with Crippen molar-refractivity contribution in [2.24, 2.45) is 0 Å². The van der Waals surface area contributed by atoms with Gasteiger partial charge in [-0.25, -0.2) is 4.98 Å². The van der Waals surface area contributed by atoms with Crippen LogP contribution in [0, 0.1) is 11.7 Å². The van der Waals surface area contributed by atoms with Crippen LogP contribution in [0.4, 0.5) is 0 Å². The number of piperidine rings is 1. The number of ketones is 1. The van der Waals surface area contributed by atoms with E-state index in [1.807, 2.05) is 0 Å². The molecule has 2 aromatic heterocycles. The summed E-state index contributed by atoms with van der Waals surface area (Å²) >= 11 is 6.40. The van der Waals surface area contributed by atoms with Crippen molar-refractivity contribution < 1.29 is 19.1 Å². The van der Waals surface area contributed by atoms with Crippen molar-refractivity contribution in [2.75, 3.05) is 25.6 Å². The predicted molar refractivity (Wildman–Crippen MR) is 139 cm³/mol. The molecule has 1 aromatic carbocycles. The van der Waals surface area contributed by atoms with Crippen molar-refractivity contribution >= 4 is 41.2 Å². The molecule has 0 unspecified atom stereocenters. The molecule has 1 saturated heterocycles. The average molecular weight is 543 g/mol. The number of ether oxygens (including phenoxy) is 1. The van der Waals surface area contributed by atoms with E-state index in [-0.39, 0.29) is 46.6 Å². The lowest BCUT2D eigenvalue weighted by Gasteiger charge is -2.31. The van der Waals surface area contributed by atoms with Gasteiger partial charge in [-0.2, -0.15) is 9.77 Å². The molecule has 3 aromatic rings. The van der Waals surface area contributed by atoms with Crippen LogP contribution in [0.2, 0.25) is 0 Å². The summed E-state index contributed by atoms with van der Waals surface area (Å²) in [4.78, 5) is 56.2. The van der Waals surface area contributed by atoms with Gasteiger partial charge in [-0.1, -0.05) is 0 Å². The number of nitrogens with zero attached hydrogens (tertiary/aromatic N) is 4. The number of Topliss-reactive ketones (excluding diaryl/α,β-unsaturated/α-hetero) is 1. The number of methoxy groups -OCH3 is 1. The number of rotatable bonds is 8. The number of carbonyl (C=O) groups excluding carboxylic acids is 3. The highest BCUT2D eigenvalue weighted by Gasteiger charge is 2.27. The zero-order chi connectivity index (χ0) is 26.5. The van der Waals surface area contributed by atoms with E-state index in [0.717, 1.165) is 9.68 Å². The number of likely N-dealkylation sites (tertiary alicyclic amines) is 1. The molecule has 1 fully saturated rings. The zero-order valence-electron chi connectivity index (χ0n) is 20.4. The van der Waals surface area contributed by atoms with Gasteiger partial charge in [-0.05, 0) is 56.2 Å². The van der Waals surface area contributed by atoms with Crippen LogP contribution >= 0.6 is 23.6 Å². The molecule has 0 atom stereocenters. The zero-order valence-corrected chi connectivity index (χ0v) is 22.0. The predicted octanol–water partition coefficient (Wildman–Crippen LogP) is 2.83. The first-order chi connectivity index (χ1) is 17.8. The maximum absolute atomic E-state index is 12.7. The van der Waals surface area contributed by atoms with E-state index in [4.69, 9.17) is 17.0 Å². The fraction of sp³-hybridized carbons (Fsp3) is 0.375. The first-order valence-corrected chi connectivity index (χ1v) is 13.0. The Kier molecular flexibility index (Phi) is 8.24. The lowest BCUT2D eigenvalue weighted by atomic mass is 9.97. The molecule has 0 saturated carbocycles. The molecule has 3 heterocycles. The molecule has 13 heteroatoms. The number of aryl methyl sites for hydroxylation is 1. The number of aromatic amines is 1. The number of H-pyrrole nitrogens is 1. The molecule has 4 rings (SSSR count). The second kappa shape index (κ2) is 11.6. The number of thiazole rings is 1. The summed E-state index contributed by atoms with van der Waals surface area (Å²) in [6.45, 7) is 2.62. The van der Waals surface area contributed by atoms with E-state index >= 15 is 0 Å². The monoisotopic (exact) mass is 542 g/mol. The van der Waals surface area contributed by atoms with E-state index in [1.54, 1.807) is 41.7 Å². The third-order valence-electron chi connectivity index (χ3n) is 6.18. The third kappa shape index (κ3) is 6.17. The van der Waals surface area contributed by atoms with Gasteiger partial charge in [0.2, 0.25) is 10.7 Å². The standard InChI is InChI=1S/C24H26N6O5S2/c1-14-23(34)30(24(36)27-26-14)28-21(33)18-13-37-22(25-18)16-9-11-29(12-10-16)20(32)8-7-19(31)15-3-5-17(35-2)6-4-15/h3-6,13,16H,7-12H2,1-2H3,(H,27,36)(H,28,33). The Morgan fingerprint density at radius 3 is 2.57 bits per heavy atom. The molecular weight excluding hydrogens is 516 g/mol. The highest BCUT2D eigenvalue weighted by Crippen LogP contribution is 2.30. The number of hydrogen-bond acceptors (Lipinski definition) is 9. The number of benzene rings is 1. The second-order valence-electron chi connectivity index (χ2n) is 8.57. The molecule has 1 aliphatic heterocycles. The smallest absolute Gasteiger partial charge is 0.295 e. The van der Waals surface area contributed by atoms with Gasteiger partial charge in [0, 0.05) is 42.8 Å². The molecule has 0 spiro atoms. The summed E-state index contributed by atoms with van der Waals surface area (Å²) in [6, 6.07) is 6.85. The number of hydrogen-bond donors (Lipinski definition) is 2. The molecule has 2 amide bonds. The summed E-state index contributed by atoms with van der Waals surface area (Å²) < 4.78 is 6.01. The minimum absolute atomic E-state index is 0.0258. The van der Waals surface area contributed by atoms with Crippen LogP contribution in [0.25, 0.3) is 0 Å². The lowest BCUT2D eigenvalue weighted by molar-refractivity contribution is -0.132. The molecule has 194 valence electrons. The molecule has 1 aliphatic rings. The van der Waals surface area contributed by atoms with Crippen LogP contribution in [0.5, 0.6) is 5.75 Å². The third-order valence-corrected chi connectivity index (χ3v) is 7.46. The largest absolute Gasteiger partial charge is 0.497 e. The summed E-state index contributed by atoms with van der Waals surface area (Å²) in [5, 5.41) is 8.71. The van der Waals surface area contributed by atoms with Crippen molar-refractivity contribution in [3.8, 4) is 5.75 Å². The van der Waals surface area contributed by atoms with Gasteiger partial charge >= 0.3 is 0 Å². The molecule has 11 nitrogen and oxygen atoms in total. The van der Waals surface area contributed by atoms with Crippen LogP contribution in [0.3, 0.4) is 0 Å². The van der Waals surface area contributed by atoms with Gasteiger partial charge < -0.3 is 9.64 Å². The van der Waals surface area contributed by atoms with Crippen LogP contribution in [0.1, 0.15) is 63.1 Å². The van der Waals surface area contributed by atoms with Gasteiger partial charge in [-0.3, -0.25) is 29.7 Å². The summed E-state index contributed by atoms with van der Waals surface area (Å²) in [6.07, 6.45) is 1.73. The highest BCUT2D eigenvalue weighted by atomic mass is 32.1. The Balaban J connectivity index is 1.28. The van der Waals surface area contributed by atoms with Crippen LogP contribution in [-0.4, -0.2) is 62.6 Å². The van der Waals surface area contributed by atoms with E-state index in [9.17, 15) is 19.2 Å². The molecular formula is C24H26N6O5S2. The Hall–Kier alpha value is -3.71. The normalized spacial score (nSPS) is 13.8. The first-order valence-electron chi connectivity index (χ1n) is 11.7. The van der Waals surface area contributed by atoms with Gasteiger partial charge in [0.05, 0.1) is 12.1 Å². The number of nitrogens with one attached hydrogen (secondary N) is 2. The highest BCUT2D eigenvalue weighted by molar-refractivity contribution is 7.71. The summed E-state index contributed by atoms with van der Waals surface area (Å²) in [7, 11) is 1.56. The summed E-state index contributed by atoms with van der Waals surface area (Å²) in [5.41, 5.74) is 2.85. The van der Waals surface area contributed by atoms with E-state index in [1.165, 1.54) is 18.3 Å². The van der Waals surface area contributed by atoms with Gasteiger partial charge in [-0.15, -0.1) is 11.3 Å². The fourth-order valence-corrected chi connectivity index (χ4v) is 5.14. The van der Waals surface area contributed by atoms with E-state index in [2.05, 4.69) is 20.6 Å². The van der Waals surface area contributed by atoms with E-state index < -0.39 is 11.5 Å². The van der Waals surface area contributed by atoms with Crippen molar-refractivity contribution in [2.45, 2.75) is 38.5 Å². The summed E-state index contributed by atoms with van der Waals surface area (Å²) in [5.74, 6) is 0.111. The number of amides is 2. The van der Waals surface area contributed by atoms with Crippen LogP contribution in [-0.2, 0) is 4.79 Å². The van der Waals surface area contributed by atoms with Crippen LogP contribution < -0.4 is 15.7 Å². The maximum atomic E-state index is 12.7. The SMILES string of the molecule is COc1ccc(C(=O)CCC(=O)N2CCC(c3nc(C(=O)Nn4c(=S)[nH]nc(C)c4=O)cs3)CC2)cc1. The van der Waals surface area contributed by atoms with Gasteiger partial charge in [0.25, 0.3) is 11.5 Å². The van der Waals surface area contributed by atoms with Gasteiger partial charge in [0.1, 0.15) is 17.1 Å². The maximum Gasteiger partial charge on any atom is 0.295 e. The van der Waals surface area contributed by atoms with Crippen molar-refractivity contribution in [3.63, 3.8) is 0 Å². The quantitative estimate of drug-likeness (QED) is 0.327. The second-order valence-corrected chi connectivity index (χ2v) is 9.85. The fourth-order valence-electron chi connectivity index (χ4n) is 4.00. The molecule has 0 radical (unpaired) electrons. The number of carbonyl (C=O) groups is 3. The lowest BCUT2D eigenvalue weighted by Crippen LogP contribution is -2.38. The minimum atomic E-state index is -0.552. The Morgan fingerprint density at radius 1 is 1.19 bits per heavy atom. The van der Waals surface area contributed by atoms with Crippen molar-refractivity contribution in [1.29, 1.82) is 0 Å². The molecule has 2 N–H and O–H groups in total. The first kappa shape index (κ1) is 26.4. The molecule has 0 bridgehead atoms. The van der Waals surface area contributed by atoms with E-state index in [0.29, 0.717) is 37.2 Å². The molecule has 0 aliphatic carbocycles. The Morgan fingerprint density at radius 2 is 1.89 bits per heavy atom. The van der Waals surface area contributed by atoms with Crippen LogP contribution in [0.15, 0.2) is 34.4 Å². The molecule has 37 heavy (non-hydrogen) atoms. The minimum Gasteiger partial charge on any atom is -0.497 e. The van der Waals surface area contributed by atoms with Crippen molar-refractivity contribution in [3.05, 3.63) is 66.7 Å². The topological polar surface area (TPSA) is 139 Å². The Labute approximate surface area is 221 Å². The average Bonchev–Trinajstić information content (AvgIpc) is 3.42. The number of aromatic nitrogens is 4.